The van der Waals surface area contributed by atoms with Crippen LogP contribution in [0.25, 0.3) is 0 Å². The largest absolute Gasteiger partial charge is 0.361 e. The standard InChI is InChI=1S/C14H16FN3O/c1-4-13-14(10(3)19-18-13)9(2)16-17-12-7-5-11(15)6-8-12/h5-9H,4H2,1-3H3. The predicted octanol–water partition coefficient (Wildman–Crippen LogP) is 4.53. The molecule has 2 rings (SSSR count). The molecule has 0 saturated carbocycles. The van der Waals surface area contributed by atoms with Crippen molar-refractivity contribution in [2.75, 3.05) is 0 Å². The number of hydrogen-bond donors (Lipinski definition) is 0. The summed E-state index contributed by atoms with van der Waals surface area (Å²) in [4.78, 5) is 0. The molecule has 1 unspecified atom stereocenters. The molecule has 5 heteroatoms. The van der Waals surface area contributed by atoms with Gasteiger partial charge in [0.15, 0.2) is 0 Å². The minimum absolute atomic E-state index is 0.133. The molecule has 0 fully saturated rings. The molecule has 1 atom stereocenters. The molecule has 0 radical (unpaired) electrons. The molecule has 0 aliphatic carbocycles. The number of nitrogens with zero attached hydrogens (tertiary/aromatic N) is 3. The summed E-state index contributed by atoms with van der Waals surface area (Å²) in [6.07, 6.45) is 0.795. The van der Waals surface area contributed by atoms with Crippen LogP contribution in [0.2, 0.25) is 0 Å². The Kier molecular flexibility index (Phi) is 4.04. The Balaban J connectivity index is 2.18. The van der Waals surface area contributed by atoms with E-state index in [0.717, 1.165) is 23.4 Å². The van der Waals surface area contributed by atoms with Crippen molar-refractivity contribution < 1.29 is 8.91 Å². The lowest BCUT2D eigenvalue weighted by Gasteiger charge is -2.04. The van der Waals surface area contributed by atoms with Crippen molar-refractivity contribution in [1.82, 2.24) is 5.16 Å². The van der Waals surface area contributed by atoms with Crippen molar-refractivity contribution in [1.29, 1.82) is 0 Å². The van der Waals surface area contributed by atoms with E-state index in [1.807, 2.05) is 20.8 Å². The normalized spacial score (nSPS) is 13.1. The third-order valence-electron chi connectivity index (χ3n) is 2.91. The summed E-state index contributed by atoms with van der Waals surface area (Å²) in [5.41, 5.74) is 2.51. The van der Waals surface area contributed by atoms with Crippen LogP contribution < -0.4 is 0 Å². The fraction of sp³-hybridized carbons (Fsp3) is 0.357. The molecule has 1 heterocycles. The Labute approximate surface area is 111 Å². The van der Waals surface area contributed by atoms with Gasteiger partial charge in [0.05, 0.1) is 17.4 Å². The number of azo groups is 1. The van der Waals surface area contributed by atoms with Crippen LogP contribution in [0.4, 0.5) is 10.1 Å². The van der Waals surface area contributed by atoms with Crippen molar-refractivity contribution in [3.05, 3.63) is 47.1 Å². The first-order chi connectivity index (χ1) is 9.11. The highest BCUT2D eigenvalue weighted by molar-refractivity contribution is 5.35. The average Bonchev–Trinajstić information content (AvgIpc) is 2.79. The Hall–Kier alpha value is -2.04. The van der Waals surface area contributed by atoms with E-state index >= 15 is 0 Å². The number of rotatable bonds is 4. The van der Waals surface area contributed by atoms with Gasteiger partial charge < -0.3 is 4.52 Å². The van der Waals surface area contributed by atoms with Crippen LogP contribution in [0.15, 0.2) is 39.0 Å². The van der Waals surface area contributed by atoms with Crippen LogP contribution in [0.5, 0.6) is 0 Å². The maximum atomic E-state index is 12.8. The van der Waals surface area contributed by atoms with Crippen LogP contribution in [-0.2, 0) is 6.42 Å². The van der Waals surface area contributed by atoms with E-state index in [4.69, 9.17) is 4.52 Å². The molecule has 19 heavy (non-hydrogen) atoms. The third kappa shape index (κ3) is 3.05. The fourth-order valence-electron chi connectivity index (χ4n) is 1.93. The van der Waals surface area contributed by atoms with Gasteiger partial charge in [-0.15, -0.1) is 0 Å². The second-order valence-corrected chi connectivity index (χ2v) is 4.32. The number of hydrogen-bond acceptors (Lipinski definition) is 4. The summed E-state index contributed by atoms with van der Waals surface area (Å²) < 4.78 is 17.9. The number of halogens is 1. The van der Waals surface area contributed by atoms with Crippen LogP contribution in [0.3, 0.4) is 0 Å². The highest BCUT2D eigenvalue weighted by Gasteiger charge is 2.17. The van der Waals surface area contributed by atoms with Gasteiger partial charge in [0.1, 0.15) is 11.6 Å². The summed E-state index contributed by atoms with van der Waals surface area (Å²) in [6, 6.07) is 5.77. The molecule has 0 N–H and O–H groups in total. The van der Waals surface area contributed by atoms with Crippen molar-refractivity contribution in [3.8, 4) is 0 Å². The predicted molar refractivity (Wildman–Crippen MR) is 69.9 cm³/mol. The van der Waals surface area contributed by atoms with Gasteiger partial charge in [-0.25, -0.2) is 4.39 Å². The molecule has 0 aliphatic rings. The lowest BCUT2D eigenvalue weighted by molar-refractivity contribution is 0.389. The van der Waals surface area contributed by atoms with E-state index in [1.54, 1.807) is 12.1 Å². The van der Waals surface area contributed by atoms with Crippen molar-refractivity contribution in [3.63, 3.8) is 0 Å². The van der Waals surface area contributed by atoms with Crippen molar-refractivity contribution in [2.45, 2.75) is 33.2 Å². The Morgan fingerprint density at radius 1 is 1.32 bits per heavy atom. The smallest absolute Gasteiger partial charge is 0.139 e. The molecule has 100 valence electrons. The number of aryl methyl sites for hydroxylation is 2. The first-order valence-corrected chi connectivity index (χ1v) is 6.23. The van der Waals surface area contributed by atoms with Crippen LogP contribution >= 0.6 is 0 Å². The summed E-state index contributed by atoms with van der Waals surface area (Å²) in [5, 5.41) is 12.3. The van der Waals surface area contributed by atoms with Crippen LogP contribution in [-0.4, -0.2) is 5.16 Å². The molecule has 0 bridgehead atoms. The summed E-state index contributed by atoms with van der Waals surface area (Å²) >= 11 is 0. The quantitative estimate of drug-likeness (QED) is 0.759. The van der Waals surface area contributed by atoms with Gasteiger partial charge in [0.25, 0.3) is 0 Å². The molecule has 0 spiro atoms. The highest BCUT2D eigenvalue weighted by atomic mass is 19.1. The second kappa shape index (κ2) is 5.73. The monoisotopic (exact) mass is 261 g/mol. The SMILES string of the molecule is CCc1noc(C)c1C(C)N=Nc1ccc(F)cc1. The zero-order valence-electron chi connectivity index (χ0n) is 11.2. The van der Waals surface area contributed by atoms with E-state index in [-0.39, 0.29) is 11.9 Å². The van der Waals surface area contributed by atoms with E-state index in [9.17, 15) is 4.39 Å². The lowest BCUT2D eigenvalue weighted by Crippen LogP contribution is -1.95. The molecule has 1 aromatic heterocycles. The zero-order chi connectivity index (χ0) is 13.8. The third-order valence-corrected chi connectivity index (χ3v) is 2.91. The maximum Gasteiger partial charge on any atom is 0.139 e. The minimum Gasteiger partial charge on any atom is -0.361 e. The lowest BCUT2D eigenvalue weighted by atomic mass is 10.1. The van der Waals surface area contributed by atoms with Crippen molar-refractivity contribution >= 4 is 5.69 Å². The maximum absolute atomic E-state index is 12.8. The summed E-state index contributed by atoms with van der Waals surface area (Å²) in [7, 11) is 0. The minimum atomic E-state index is -0.282. The van der Waals surface area contributed by atoms with Gasteiger partial charge in [-0.1, -0.05) is 12.1 Å². The van der Waals surface area contributed by atoms with E-state index in [1.165, 1.54) is 12.1 Å². The van der Waals surface area contributed by atoms with Gasteiger partial charge in [-0.2, -0.15) is 10.2 Å². The van der Waals surface area contributed by atoms with Gasteiger partial charge in [-0.3, -0.25) is 0 Å². The molecule has 1 aromatic carbocycles. The van der Waals surface area contributed by atoms with Gasteiger partial charge in [0, 0.05) is 5.56 Å². The summed E-state index contributed by atoms with van der Waals surface area (Å²) in [5.74, 6) is 0.484. The molecule has 4 nitrogen and oxygen atoms in total. The molecular weight excluding hydrogens is 245 g/mol. The van der Waals surface area contributed by atoms with E-state index in [2.05, 4.69) is 15.4 Å². The van der Waals surface area contributed by atoms with E-state index < -0.39 is 0 Å². The first kappa shape index (κ1) is 13.4. The molecule has 2 aromatic rings. The second-order valence-electron chi connectivity index (χ2n) is 4.32. The van der Waals surface area contributed by atoms with Gasteiger partial charge >= 0.3 is 0 Å². The number of aromatic nitrogens is 1. The Morgan fingerprint density at radius 2 is 2.00 bits per heavy atom. The van der Waals surface area contributed by atoms with E-state index in [0.29, 0.717) is 5.69 Å². The molecular formula is C14H16FN3O. The van der Waals surface area contributed by atoms with Crippen LogP contribution in [0.1, 0.15) is 36.9 Å². The first-order valence-electron chi connectivity index (χ1n) is 6.23. The summed E-state index contributed by atoms with van der Waals surface area (Å²) in [6.45, 7) is 5.82. The Morgan fingerprint density at radius 3 is 2.63 bits per heavy atom. The van der Waals surface area contributed by atoms with Crippen molar-refractivity contribution in [2.24, 2.45) is 10.2 Å². The molecule has 0 amide bonds. The zero-order valence-corrected chi connectivity index (χ0v) is 11.2. The fourth-order valence-corrected chi connectivity index (χ4v) is 1.93. The highest BCUT2D eigenvalue weighted by Crippen LogP contribution is 2.26. The molecule has 0 saturated heterocycles. The molecule has 0 aliphatic heterocycles. The topological polar surface area (TPSA) is 50.8 Å². The average molecular weight is 261 g/mol. The Bertz CT molecular complexity index is 575. The van der Waals surface area contributed by atoms with Gasteiger partial charge in [0.2, 0.25) is 0 Å². The number of benzene rings is 1. The van der Waals surface area contributed by atoms with Gasteiger partial charge in [-0.05, 0) is 44.5 Å². The van der Waals surface area contributed by atoms with Crippen LogP contribution in [0, 0.1) is 12.7 Å².